The summed E-state index contributed by atoms with van der Waals surface area (Å²) in [4.78, 5) is 47.1. The van der Waals surface area contributed by atoms with Crippen molar-refractivity contribution in [1.29, 1.82) is 0 Å². The first-order valence-electron chi connectivity index (χ1n) is 8.72. The summed E-state index contributed by atoms with van der Waals surface area (Å²) in [5, 5.41) is 7.46. The molecule has 0 radical (unpaired) electrons. The van der Waals surface area contributed by atoms with Crippen molar-refractivity contribution in [2.45, 2.75) is 12.1 Å². The van der Waals surface area contributed by atoms with E-state index in [1.165, 1.54) is 11.3 Å². The Morgan fingerprint density at radius 1 is 1.27 bits per heavy atom. The van der Waals surface area contributed by atoms with Crippen LogP contribution in [0, 0.1) is 0 Å². The summed E-state index contributed by atoms with van der Waals surface area (Å²) in [5.74, 6) is -0.335. The summed E-state index contributed by atoms with van der Waals surface area (Å²) in [5.41, 5.74) is 5.39. The van der Waals surface area contributed by atoms with E-state index < -0.39 is 11.5 Å². The zero-order chi connectivity index (χ0) is 21.5. The van der Waals surface area contributed by atoms with E-state index in [0.29, 0.717) is 23.1 Å². The highest BCUT2D eigenvalue weighted by Gasteiger charge is 2.15. The molecule has 2 heterocycles. The number of anilines is 3. The molecule has 10 nitrogen and oxygen atoms in total. The van der Waals surface area contributed by atoms with Crippen LogP contribution in [0.2, 0.25) is 0 Å². The van der Waals surface area contributed by atoms with E-state index in [4.69, 9.17) is 10.5 Å². The molecule has 0 saturated carbocycles. The second-order valence-electron chi connectivity index (χ2n) is 5.72. The molecule has 0 aliphatic carbocycles. The van der Waals surface area contributed by atoms with Crippen molar-refractivity contribution in [2.75, 3.05) is 28.7 Å². The Kier molecular flexibility index (Phi) is 7.03. The van der Waals surface area contributed by atoms with Gasteiger partial charge < -0.3 is 21.1 Å². The number of nitrogens with two attached hydrogens (primary N) is 1. The standard InChI is InChI=1S/C18H18N6O4S2/c1-2-28-11-5-3-10(4-6-11)15(26)22-13-14(19)23-18(24-16(13)27)30-9-12(25)21-17-20-7-8-29-17/h3-8H,2,9H2,1H3,(H,22,26)(H,20,21,25)(H3,19,23,24,27). The number of nitrogens with one attached hydrogen (secondary N) is 3. The highest BCUT2D eigenvalue weighted by molar-refractivity contribution is 7.99. The number of thiazole rings is 1. The normalized spacial score (nSPS) is 10.4. The number of hydrogen-bond donors (Lipinski definition) is 4. The average molecular weight is 447 g/mol. The van der Waals surface area contributed by atoms with Gasteiger partial charge in [0.1, 0.15) is 11.4 Å². The van der Waals surface area contributed by atoms with Crippen LogP contribution in [0.15, 0.2) is 45.8 Å². The Morgan fingerprint density at radius 3 is 2.67 bits per heavy atom. The minimum absolute atomic E-state index is 0.000153. The number of H-pyrrole nitrogens is 1. The fourth-order valence-electron chi connectivity index (χ4n) is 2.29. The molecule has 2 amide bonds. The molecule has 0 aliphatic heterocycles. The number of carbonyl (C=O) groups excluding carboxylic acids is 2. The summed E-state index contributed by atoms with van der Waals surface area (Å²) in [6.45, 7) is 2.37. The molecule has 5 N–H and O–H groups in total. The van der Waals surface area contributed by atoms with E-state index in [1.807, 2.05) is 6.92 Å². The van der Waals surface area contributed by atoms with Crippen LogP contribution in [0.3, 0.4) is 0 Å². The highest BCUT2D eigenvalue weighted by atomic mass is 32.2. The van der Waals surface area contributed by atoms with Gasteiger partial charge in [0.25, 0.3) is 11.5 Å². The first kappa shape index (κ1) is 21.3. The molecule has 30 heavy (non-hydrogen) atoms. The molecular weight excluding hydrogens is 428 g/mol. The van der Waals surface area contributed by atoms with Crippen molar-refractivity contribution in [3.05, 3.63) is 51.8 Å². The van der Waals surface area contributed by atoms with Crippen molar-refractivity contribution in [2.24, 2.45) is 0 Å². The van der Waals surface area contributed by atoms with Gasteiger partial charge >= 0.3 is 0 Å². The molecule has 12 heteroatoms. The Bertz CT molecular complexity index is 1080. The molecule has 2 aromatic heterocycles. The average Bonchev–Trinajstić information content (AvgIpc) is 3.23. The molecular formula is C18H18N6O4S2. The van der Waals surface area contributed by atoms with Gasteiger partial charge in [0, 0.05) is 17.1 Å². The molecule has 156 valence electrons. The van der Waals surface area contributed by atoms with Gasteiger partial charge in [0.05, 0.1) is 12.4 Å². The van der Waals surface area contributed by atoms with Crippen molar-refractivity contribution in [3.63, 3.8) is 0 Å². The highest BCUT2D eigenvalue weighted by Crippen LogP contribution is 2.19. The quantitative estimate of drug-likeness (QED) is 0.303. The number of ether oxygens (including phenoxy) is 1. The molecule has 0 atom stereocenters. The van der Waals surface area contributed by atoms with Crippen molar-refractivity contribution in [1.82, 2.24) is 15.0 Å². The lowest BCUT2D eigenvalue weighted by Crippen LogP contribution is -2.23. The first-order valence-corrected chi connectivity index (χ1v) is 10.6. The summed E-state index contributed by atoms with van der Waals surface area (Å²) < 4.78 is 5.33. The lowest BCUT2D eigenvalue weighted by Gasteiger charge is -2.09. The van der Waals surface area contributed by atoms with Crippen LogP contribution in [0.1, 0.15) is 17.3 Å². The number of rotatable bonds is 8. The fourth-order valence-corrected chi connectivity index (χ4v) is 3.50. The molecule has 3 aromatic rings. The van der Waals surface area contributed by atoms with Gasteiger partial charge in [-0.25, -0.2) is 9.97 Å². The lowest BCUT2D eigenvalue weighted by atomic mass is 10.2. The van der Waals surface area contributed by atoms with Gasteiger partial charge in [-0.3, -0.25) is 19.4 Å². The van der Waals surface area contributed by atoms with Crippen molar-refractivity contribution < 1.29 is 14.3 Å². The van der Waals surface area contributed by atoms with E-state index in [0.717, 1.165) is 11.8 Å². The maximum atomic E-state index is 12.4. The third-order valence-corrected chi connectivity index (χ3v) is 5.17. The maximum Gasteiger partial charge on any atom is 0.277 e. The summed E-state index contributed by atoms with van der Waals surface area (Å²) in [6, 6.07) is 6.45. The third-order valence-electron chi connectivity index (χ3n) is 3.61. The molecule has 1 aromatic carbocycles. The number of amides is 2. The Labute approximate surface area is 179 Å². The topological polar surface area (TPSA) is 152 Å². The minimum atomic E-state index is -0.621. The minimum Gasteiger partial charge on any atom is -0.494 e. The van der Waals surface area contributed by atoms with Crippen LogP contribution in [0.5, 0.6) is 5.75 Å². The zero-order valence-electron chi connectivity index (χ0n) is 15.8. The van der Waals surface area contributed by atoms with Gasteiger partial charge in [-0.2, -0.15) is 0 Å². The van der Waals surface area contributed by atoms with Gasteiger partial charge in [0.15, 0.2) is 16.1 Å². The smallest absolute Gasteiger partial charge is 0.277 e. The lowest BCUT2D eigenvalue weighted by molar-refractivity contribution is -0.113. The van der Waals surface area contributed by atoms with Crippen molar-refractivity contribution in [3.8, 4) is 5.75 Å². The molecule has 0 aliphatic rings. The number of hydrogen-bond acceptors (Lipinski definition) is 9. The van der Waals surface area contributed by atoms with E-state index in [9.17, 15) is 14.4 Å². The summed E-state index contributed by atoms with van der Waals surface area (Å²) in [6.07, 6.45) is 1.58. The third kappa shape index (κ3) is 5.58. The number of thioether (sulfide) groups is 1. The number of nitrogens with zero attached hydrogens (tertiary/aromatic N) is 2. The zero-order valence-corrected chi connectivity index (χ0v) is 17.4. The Hall–Kier alpha value is -3.38. The Morgan fingerprint density at radius 2 is 2.03 bits per heavy atom. The van der Waals surface area contributed by atoms with Crippen molar-refractivity contribution >= 4 is 51.5 Å². The van der Waals surface area contributed by atoms with Gasteiger partial charge in [-0.1, -0.05) is 11.8 Å². The molecule has 0 unspecified atom stereocenters. The Balaban J connectivity index is 1.63. The number of benzene rings is 1. The second kappa shape index (κ2) is 9.89. The first-order chi connectivity index (χ1) is 14.5. The number of carbonyl (C=O) groups is 2. The molecule has 0 spiro atoms. The van der Waals surface area contributed by atoms with E-state index in [1.54, 1.807) is 35.8 Å². The van der Waals surface area contributed by atoms with Crippen LogP contribution in [-0.4, -0.2) is 39.1 Å². The maximum absolute atomic E-state index is 12.4. The number of aromatic nitrogens is 3. The van der Waals surface area contributed by atoms with Crippen LogP contribution < -0.4 is 26.7 Å². The molecule has 3 rings (SSSR count). The predicted octanol–water partition coefficient (Wildman–Crippen LogP) is 2.19. The van der Waals surface area contributed by atoms with Gasteiger partial charge in [0.2, 0.25) is 5.91 Å². The van der Waals surface area contributed by atoms with Gasteiger partial charge in [-0.15, -0.1) is 11.3 Å². The molecule has 0 bridgehead atoms. The van der Waals surface area contributed by atoms with Crippen LogP contribution in [0.25, 0.3) is 0 Å². The van der Waals surface area contributed by atoms with Crippen LogP contribution in [0.4, 0.5) is 16.6 Å². The van der Waals surface area contributed by atoms with E-state index in [-0.39, 0.29) is 28.3 Å². The fraction of sp³-hybridized carbons (Fsp3) is 0.167. The van der Waals surface area contributed by atoms with E-state index in [2.05, 4.69) is 25.6 Å². The summed E-state index contributed by atoms with van der Waals surface area (Å²) >= 11 is 2.29. The number of nitrogen functional groups attached to an aromatic ring is 1. The number of aromatic amines is 1. The second-order valence-corrected chi connectivity index (χ2v) is 7.58. The van der Waals surface area contributed by atoms with Crippen LogP contribution in [-0.2, 0) is 4.79 Å². The summed E-state index contributed by atoms with van der Waals surface area (Å²) in [7, 11) is 0. The SMILES string of the molecule is CCOc1ccc(C(=O)Nc2c(N)nc(SCC(=O)Nc3nccs3)[nH]c2=O)cc1. The molecule has 0 fully saturated rings. The largest absolute Gasteiger partial charge is 0.494 e. The monoisotopic (exact) mass is 446 g/mol. The van der Waals surface area contributed by atoms with Crippen LogP contribution >= 0.6 is 23.1 Å². The predicted molar refractivity (Wildman–Crippen MR) is 116 cm³/mol. The van der Waals surface area contributed by atoms with E-state index >= 15 is 0 Å². The molecule has 0 saturated heterocycles. The van der Waals surface area contributed by atoms with Gasteiger partial charge in [-0.05, 0) is 31.2 Å².